The Bertz CT molecular complexity index is 777. The first-order valence-electron chi connectivity index (χ1n) is 6.78. The number of nitrogens with one attached hydrogen (secondary N) is 1. The van der Waals surface area contributed by atoms with Gasteiger partial charge in [0.1, 0.15) is 0 Å². The zero-order valence-electron chi connectivity index (χ0n) is 11.6. The molecule has 0 fully saturated rings. The lowest BCUT2D eigenvalue weighted by atomic mass is 10.1. The van der Waals surface area contributed by atoms with Crippen LogP contribution >= 0.6 is 22.9 Å². The van der Waals surface area contributed by atoms with E-state index in [0.29, 0.717) is 18.7 Å². The van der Waals surface area contributed by atoms with Gasteiger partial charge in [-0.3, -0.25) is 4.79 Å². The number of halogens is 1. The second-order valence-corrected chi connectivity index (χ2v) is 6.57. The molecular weight excluding hydrogens is 304 g/mol. The molecule has 2 heterocycles. The van der Waals surface area contributed by atoms with Crippen LogP contribution in [0.1, 0.15) is 22.2 Å². The molecule has 5 heteroatoms. The third-order valence-corrected chi connectivity index (χ3v) is 4.68. The highest BCUT2D eigenvalue weighted by molar-refractivity contribution is 7.16. The fraction of sp³-hybridized carbons (Fsp3) is 0.188. The molecule has 0 spiro atoms. The van der Waals surface area contributed by atoms with Gasteiger partial charge in [-0.2, -0.15) is 0 Å². The van der Waals surface area contributed by atoms with Gasteiger partial charge in [0, 0.05) is 23.0 Å². The summed E-state index contributed by atoms with van der Waals surface area (Å²) in [6.45, 7) is 3.23. The Morgan fingerprint density at radius 2 is 2.14 bits per heavy atom. The number of H-pyrrole nitrogens is 1. The van der Waals surface area contributed by atoms with E-state index >= 15 is 0 Å². The maximum atomic E-state index is 12.8. The summed E-state index contributed by atoms with van der Waals surface area (Å²) in [5.41, 5.74) is 1.60. The summed E-state index contributed by atoms with van der Waals surface area (Å²) in [4.78, 5) is 18.8. The van der Waals surface area contributed by atoms with Crippen molar-refractivity contribution in [3.05, 3.63) is 57.4 Å². The monoisotopic (exact) mass is 318 g/mol. The average Bonchev–Trinajstić information content (AvgIpc) is 3.12. The Balaban J connectivity index is 1.90. The lowest BCUT2D eigenvalue weighted by Crippen LogP contribution is -2.30. The van der Waals surface area contributed by atoms with Crippen molar-refractivity contribution in [1.82, 2.24) is 9.88 Å². The fourth-order valence-corrected chi connectivity index (χ4v) is 3.49. The van der Waals surface area contributed by atoms with E-state index in [2.05, 4.69) is 4.98 Å². The maximum absolute atomic E-state index is 12.8. The topological polar surface area (TPSA) is 36.1 Å². The maximum Gasteiger partial charge on any atom is 0.256 e. The van der Waals surface area contributed by atoms with Crippen LogP contribution in [0, 0.1) is 0 Å². The molecule has 0 aliphatic rings. The quantitative estimate of drug-likeness (QED) is 0.753. The number of fused-ring (bicyclic) bond motifs is 1. The molecule has 108 valence electrons. The molecule has 1 aromatic carbocycles. The Hall–Kier alpha value is -1.78. The van der Waals surface area contributed by atoms with Gasteiger partial charge in [0.2, 0.25) is 0 Å². The molecule has 1 amide bonds. The van der Waals surface area contributed by atoms with E-state index in [-0.39, 0.29) is 5.91 Å². The summed E-state index contributed by atoms with van der Waals surface area (Å²) < 4.78 is 0.750. The number of hydrogen-bond donors (Lipinski definition) is 1. The Kier molecular flexibility index (Phi) is 3.99. The van der Waals surface area contributed by atoms with Crippen molar-refractivity contribution in [2.24, 2.45) is 0 Å². The minimum atomic E-state index is 0.0371. The third kappa shape index (κ3) is 2.82. The van der Waals surface area contributed by atoms with E-state index in [1.165, 1.54) is 11.3 Å². The van der Waals surface area contributed by atoms with E-state index in [1.807, 2.05) is 54.4 Å². The number of aromatic nitrogens is 1. The van der Waals surface area contributed by atoms with Crippen LogP contribution < -0.4 is 0 Å². The summed E-state index contributed by atoms with van der Waals surface area (Å²) in [6.07, 6.45) is 1.86. The molecule has 3 rings (SSSR count). The number of carbonyl (C=O) groups is 1. The molecule has 0 atom stereocenters. The molecule has 0 unspecified atom stereocenters. The van der Waals surface area contributed by atoms with Crippen LogP contribution in [0.15, 0.2) is 42.6 Å². The standard InChI is InChI=1S/C16H15ClN2OS/c1-2-19(10-12-6-7-14(17)21-12)16(20)13-5-3-4-11-8-9-18-15(11)13/h3-9,18H,2,10H2,1H3. The van der Waals surface area contributed by atoms with Crippen molar-refractivity contribution in [1.29, 1.82) is 0 Å². The minimum Gasteiger partial charge on any atom is -0.361 e. The molecule has 21 heavy (non-hydrogen) atoms. The summed E-state index contributed by atoms with van der Waals surface area (Å²) in [7, 11) is 0. The first-order chi connectivity index (χ1) is 10.2. The summed E-state index contributed by atoms with van der Waals surface area (Å²) in [5.74, 6) is 0.0371. The molecule has 0 aliphatic heterocycles. The number of thiophene rings is 1. The predicted molar refractivity (Wildman–Crippen MR) is 88.0 cm³/mol. The van der Waals surface area contributed by atoms with Crippen molar-refractivity contribution in [3.63, 3.8) is 0 Å². The molecule has 0 aliphatic carbocycles. The smallest absolute Gasteiger partial charge is 0.256 e. The molecule has 3 nitrogen and oxygen atoms in total. The first kappa shape index (κ1) is 14.2. The van der Waals surface area contributed by atoms with Crippen LogP contribution in [0.2, 0.25) is 4.34 Å². The highest BCUT2D eigenvalue weighted by atomic mass is 35.5. The number of hydrogen-bond acceptors (Lipinski definition) is 2. The molecule has 3 aromatic rings. The average molecular weight is 319 g/mol. The zero-order chi connectivity index (χ0) is 14.8. The van der Waals surface area contributed by atoms with E-state index in [4.69, 9.17) is 11.6 Å². The molecule has 0 bridgehead atoms. The van der Waals surface area contributed by atoms with Crippen LogP contribution in [0.5, 0.6) is 0 Å². The number of rotatable bonds is 4. The van der Waals surface area contributed by atoms with Gasteiger partial charge in [-0.15, -0.1) is 11.3 Å². The van der Waals surface area contributed by atoms with Gasteiger partial charge in [-0.1, -0.05) is 23.7 Å². The van der Waals surface area contributed by atoms with Gasteiger partial charge in [-0.05, 0) is 31.2 Å². The molecule has 2 aromatic heterocycles. The van der Waals surface area contributed by atoms with Crippen LogP contribution in [-0.2, 0) is 6.54 Å². The number of para-hydroxylation sites is 1. The molecule has 0 saturated heterocycles. The Labute approximate surface area is 132 Å². The Morgan fingerprint density at radius 3 is 2.86 bits per heavy atom. The van der Waals surface area contributed by atoms with Gasteiger partial charge < -0.3 is 9.88 Å². The Morgan fingerprint density at radius 1 is 1.29 bits per heavy atom. The van der Waals surface area contributed by atoms with Crippen molar-refractivity contribution >= 4 is 39.7 Å². The molecule has 0 saturated carbocycles. The normalized spacial score (nSPS) is 11.0. The predicted octanol–water partition coefficient (Wildman–Crippen LogP) is 4.55. The van der Waals surface area contributed by atoms with E-state index < -0.39 is 0 Å². The summed E-state index contributed by atoms with van der Waals surface area (Å²) in [5, 5.41) is 1.05. The van der Waals surface area contributed by atoms with Crippen molar-refractivity contribution in [3.8, 4) is 0 Å². The lowest BCUT2D eigenvalue weighted by Gasteiger charge is -2.20. The summed E-state index contributed by atoms with van der Waals surface area (Å²) in [6, 6.07) is 11.6. The lowest BCUT2D eigenvalue weighted by molar-refractivity contribution is 0.0756. The van der Waals surface area contributed by atoms with Crippen LogP contribution in [0.25, 0.3) is 10.9 Å². The molecule has 1 N–H and O–H groups in total. The van der Waals surface area contributed by atoms with E-state index in [9.17, 15) is 4.79 Å². The van der Waals surface area contributed by atoms with Gasteiger partial charge in [0.25, 0.3) is 5.91 Å². The van der Waals surface area contributed by atoms with Gasteiger partial charge >= 0.3 is 0 Å². The SMILES string of the molecule is CCN(Cc1ccc(Cl)s1)C(=O)c1cccc2cc[nH]c12. The number of aromatic amines is 1. The third-order valence-electron chi connectivity index (χ3n) is 3.46. The zero-order valence-corrected chi connectivity index (χ0v) is 13.2. The fourth-order valence-electron chi connectivity index (χ4n) is 2.39. The highest BCUT2D eigenvalue weighted by Gasteiger charge is 2.18. The largest absolute Gasteiger partial charge is 0.361 e. The van der Waals surface area contributed by atoms with Gasteiger partial charge in [0.05, 0.1) is 22.0 Å². The first-order valence-corrected chi connectivity index (χ1v) is 7.98. The van der Waals surface area contributed by atoms with Crippen LogP contribution in [-0.4, -0.2) is 22.3 Å². The van der Waals surface area contributed by atoms with Gasteiger partial charge in [0.15, 0.2) is 0 Å². The van der Waals surface area contributed by atoms with Crippen molar-refractivity contribution in [2.75, 3.05) is 6.54 Å². The number of carbonyl (C=O) groups excluding carboxylic acids is 1. The summed E-state index contributed by atoms with van der Waals surface area (Å²) >= 11 is 7.47. The van der Waals surface area contributed by atoms with E-state index in [1.54, 1.807) is 0 Å². The minimum absolute atomic E-state index is 0.0371. The number of nitrogens with zero attached hydrogens (tertiary/aromatic N) is 1. The van der Waals surface area contributed by atoms with Crippen LogP contribution in [0.4, 0.5) is 0 Å². The van der Waals surface area contributed by atoms with Crippen molar-refractivity contribution in [2.45, 2.75) is 13.5 Å². The van der Waals surface area contributed by atoms with E-state index in [0.717, 1.165) is 20.1 Å². The van der Waals surface area contributed by atoms with Crippen molar-refractivity contribution < 1.29 is 4.79 Å². The second-order valence-electron chi connectivity index (χ2n) is 4.77. The highest BCUT2D eigenvalue weighted by Crippen LogP contribution is 2.24. The number of benzene rings is 1. The number of amides is 1. The molecule has 0 radical (unpaired) electrons. The molecular formula is C16H15ClN2OS. The van der Waals surface area contributed by atoms with Gasteiger partial charge in [-0.25, -0.2) is 0 Å². The van der Waals surface area contributed by atoms with Crippen LogP contribution in [0.3, 0.4) is 0 Å². The second kappa shape index (κ2) is 5.92.